The Labute approximate surface area is 80.4 Å². The summed E-state index contributed by atoms with van der Waals surface area (Å²) < 4.78 is 1.21. The molecule has 1 heterocycles. The molecule has 0 unspecified atom stereocenters. The second kappa shape index (κ2) is 4.04. The third-order valence-electron chi connectivity index (χ3n) is 1.86. The standard InChI is InChI=1S/C9H12N2O3/c1-3-7-5-11(4-6(2)12)9(14)10-8(7)13/h5H,3-4H2,1-2H3,(H,10,13,14). The number of aromatic amines is 1. The fourth-order valence-corrected chi connectivity index (χ4v) is 1.16. The zero-order valence-electron chi connectivity index (χ0n) is 8.16. The van der Waals surface area contributed by atoms with E-state index in [1.54, 1.807) is 0 Å². The number of nitrogens with one attached hydrogen (secondary N) is 1. The van der Waals surface area contributed by atoms with Crippen LogP contribution >= 0.6 is 0 Å². The summed E-state index contributed by atoms with van der Waals surface area (Å²) in [5, 5.41) is 0. The number of aromatic nitrogens is 2. The molecule has 0 amide bonds. The molecule has 1 N–H and O–H groups in total. The Bertz CT molecular complexity index is 456. The fraction of sp³-hybridized carbons (Fsp3) is 0.444. The third kappa shape index (κ3) is 2.18. The predicted octanol–water partition coefficient (Wildman–Crippen LogP) is -0.312. The van der Waals surface area contributed by atoms with Crippen molar-refractivity contribution in [2.45, 2.75) is 26.8 Å². The molecular weight excluding hydrogens is 184 g/mol. The minimum Gasteiger partial charge on any atom is -0.298 e. The van der Waals surface area contributed by atoms with E-state index in [0.29, 0.717) is 12.0 Å². The number of nitrogens with zero attached hydrogens (tertiary/aromatic N) is 1. The van der Waals surface area contributed by atoms with Gasteiger partial charge in [-0.15, -0.1) is 0 Å². The molecule has 0 bridgehead atoms. The maximum absolute atomic E-state index is 11.2. The van der Waals surface area contributed by atoms with Crippen molar-refractivity contribution in [3.63, 3.8) is 0 Å². The molecular formula is C9H12N2O3. The molecule has 1 rings (SSSR count). The van der Waals surface area contributed by atoms with Crippen molar-refractivity contribution in [2.75, 3.05) is 0 Å². The van der Waals surface area contributed by atoms with Gasteiger partial charge in [-0.1, -0.05) is 6.92 Å². The molecule has 0 fully saturated rings. The highest BCUT2D eigenvalue weighted by molar-refractivity contribution is 5.75. The summed E-state index contributed by atoms with van der Waals surface area (Å²) in [4.78, 5) is 35.3. The van der Waals surface area contributed by atoms with Gasteiger partial charge in [0.1, 0.15) is 5.78 Å². The van der Waals surface area contributed by atoms with Gasteiger partial charge in [0.05, 0.1) is 6.54 Å². The van der Waals surface area contributed by atoms with E-state index < -0.39 is 5.69 Å². The van der Waals surface area contributed by atoms with Crippen LogP contribution < -0.4 is 11.2 Å². The van der Waals surface area contributed by atoms with Crippen molar-refractivity contribution in [2.24, 2.45) is 0 Å². The molecule has 0 aliphatic carbocycles. The van der Waals surface area contributed by atoms with E-state index in [9.17, 15) is 14.4 Å². The van der Waals surface area contributed by atoms with Crippen LogP contribution in [0.25, 0.3) is 0 Å². The van der Waals surface area contributed by atoms with Gasteiger partial charge in [0.2, 0.25) is 0 Å². The first kappa shape index (κ1) is 10.4. The summed E-state index contributed by atoms with van der Waals surface area (Å²) in [5.74, 6) is -0.124. The predicted molar refractivity (Wildman–Crippen MR) is 51.4 cm³/mol. The van der Waals surface area contributed by atoms with Crippen molar-refractivity contribution < 1.29 is 4.79 Å². The monoisotopic (exact) mass is 196 g/mol. The van der Waals surface area contributed by atoms with E-state index in [1.165, 1.54) is 17.7 Å². The lowest BCUT2D eigenvalue weighted by molar-refractivity contribution is -0.117. The number of aryl methyl sites for hydroxylation is 1. The second-order valence-corrected chi connectivity index (χ2v) is 3.10. The Morgan fingerprint density at radius 2 is 2.14 bits per heavy atom. The van der Waals surface area contributed by atoms with Gasteiger partial charge in [-0.05, 0) is 13.3 Å². The van der Waals surface area contributed by atoms with E-state index in [4.69, 9.17) is 0 Å². The Balaban J connectivity index is 3.24. The molecule has 0 spiro atoms. The molecule has 0 saturated heterocycles. The molecule has 0 aromatic carbocycles. The fourth-order valence-electron chi connectivity index (χ4n) is 1.16. The van der Waals surface area contributed by atoms with Crippen molar-refractivity contribution >= 4 is 5.78 Å². The highest BCUT2D eigenvalue weighted by Crippen LogP contribution is 1.89. The van der Waals surface area contributed by atoms with E-state index in [0.717, 1.165) is 0 Å². The van der Waals surface area contributed by atoms with Crippen LogP contribution in [0.5, 0.6) is 0 Å². The summed E-state index contributed by atoms with van der Waals surface area (Å²) in [7, 11) is 0. The zero-order valence-corrected chi connectivity index (χ0v) is 8.16. The van der Waals surface area contributed by atoms with Crippen LogP contribution in [0.3, 0.4) is 0 Å². The van der Waals surface area contributed by atoms with E-state index in [-0.39, 0.29) is 17.9 Å². The van der Waals surface area contributed by atoms with Crippen LogP contribution in [0, 0.1) is 0 Å². The Morgan fingerprint density at radius 3 is 2.64 bits per heavy atom. The topological polar surface area (TPSA) is 71.9 Å². The smallest absolute Gasteiger partial charge is 0.298 e. The number of Topliss-reactive ketones (excluding diaryl/α,β-unsaturated/α-hetero) is 1. The van der Waals surface area contributed by atoms with Gasteiger partial charge < -0.3 is 0 Å². The molecule has 1 aromatic rings. The van der Waals surface area contributed by atoms with Crippen molar-refractivity contribution in [3.05, 3.63) is 32.6 Å². The SMILES string of the molecule is CCc1cn(CC(C)=O)c(=O)[nH]c1=O. The lowest BCUT2D eigenvalue weighted by Crippen LogP contribution is -2.32. The Hall–Kier alpha value is -1.65. The lowest BCUT2D eigenvalue weighted by Gasteiger charge is -2.03. The molecule has 5 nitrogen and oxygen atoms in total. The van der Waals surface area contributed by atoms with Crippen LogP contribution in [0.4, 0.5) is 0 Å². The van der Waals surface area contributed by atoms with Gasteiger partial charge in [0.15, 0.2) is 0 Å². The van der Waals surface area contributed by atoms with E-state index >= 15 is 0 Å². The summed E-state index contributed by atoms with van der Waals surface area (Å²) in [6.07, 6.45) is 1.97. The lowest BCUT2D eigenvalue weighted by atomic mass is 10.2. The van der Waals surface area contributed by atoms with E-state index in [2.05, 4.69) is 4.98 Å². The Kier molecular flexibility index (Phi) is 3.01. The third-order valence-corrected chi connectivity index (χ3v) is 1.86. The first-order valence-electron chi connectivity index (χ1n) is 4.36. The van der Waals surface area contributed by atoms with Crippen molar-refractivity contribution in [3.8, 4) is 0 Å². The minimum absolute atomic E-state index is 0.00259. The first-order chi connectivity index (χ1) is 6.54. The van der Waals surface area contributed by atoms with Gasteiger partial charge in [-0.25, -0.2) is 4.79 Å². The van der Waals surface area contributed by atoms with Crippen LogP contribution in [0.15, 0.2) is 15.8 Å². The highest BCUT2D eigenvalue weighted by Gasteiger charge is 2.03. The molecule has 0 saturated carbocycles. The molecule has 0 atom stereocenters. The summed E-state index contributed by atoms with van der Waals surface area (Å²) in [6.45, 7) is 3.21. The van der Waals surface area contributed by atoms with Crippen molar-refractivity contribution in [1.29, 1.82) is 0 Å². The average molecular weight is 196 g/mol. The van der Waals surface area contributed by atoms with Gasteiger partial charge in [-0.2, -0.15) is 0 Å². The van der Waals surface area contributed by atoms with Crippen LogP contribution in [-0.4, -0.2) is 15.3 Å². The van der Waals surface area contributed by atoms with Crippen molar-refractivity contribution in [1.82, 2.24) is 9.55 Å². The van der Waals surface area contributed by atoms with Crippen LogP contribution in [-0.2, 0) is 17.8 Å². The number of hydrogen-bond donors (Lipinski definition) is 1. The van der Waals surface area contributed by atoms with Gasteiger partial charge in [0, 0.05) is 11.8 Å². The molecule has 1 aromatic heterocycles. The molecule has 0 radical (unpaired) electrons. The molecule has 76 valence electrons. The number of carbonyl (C=O) groups is 1. The Morgan fingerprint density at radius 1 is 1.50 bits per heavy atom. The maximum Gasteiger partial charge on any atom is 0.328 e. The minimum atomic E-state index is -0.539. The number of H-pyrrole nitrogens is 1. The molecule has 0 aliphatic rings. The number of rotatable bonds is 3. The number of ketones is 1. The zero-order chi connectivity index (χ0) is 10.7. The van der Waals surface area contributed by atoms with E-state index in [1.807, 2.05) is 6.92 Å². The normalized spacial score (nSPS) is 10.1. The summed E-state index contributed by atoms with van der Waals surface area (Å²) in [5.41, 5.74) is -0.412. The average Bonchev–Trinajstić information content (AvgIpc) is 2.09. The van der Waals surface area contributed by atoms with Crippen LogP contribution in [0.1, 0.15) is 19.4 Å². The molecule has 14 heavy (non-hydrogen) atoms. The number of hydrogen-bond acceptors (Lipinski definition) is 3. The quantitative estimate of drug-likeness (QED) is 0.720. The van der Waals surface area contributed by atoms with Gasteiger partial charge in [-0.3, -0.25) is 19.1 Å². The van der Waals surface area contributed by atoms with Gasteiger partial charge >= 0.3 is 5.69 Å². The molecule has 5 heteroatoms. The summed E-state index contributed by atoms with van der Waals surface area (Å²) >= 11 is 0. The van der Waals surface area contributed by atoms with Gasteiger partial charge in [0.25, 0.3) is 5.56 Å². The summed E-state index contributed by atoms with van der Waals surface area (Å²) in [6, 6.07) is 0. The number of carbonyl (C=O) groups excluding carboxylic acids is 1. The largest absolute Gasteiger partial charge is 0.328 e. The molecule has 0 aliphatic heterocycles. The van der Waals surface area contributed by atoms with Crippen LogP contribution in [0.2, 0.25) is 0 Å². The second-order valence-electron chi connectivity index (χ2n) is 3.10. The first-order valence-corrected chi connectivity index (χ1v) is 4.36. The maximum atomic E-state index is 11.2. The highest BCUT2D eigenvalue weighted by atomic mass is 16.2.